The number of fused-ring (bicyclic) bond motifs is 1. The van der Waals surface area contributed by atoms with Crippen LogP contribution in [0.2, 0.25) is 0 Å². The molecule has 6 rings (SSSR count). The first-order valence-electron chi connectivity index (χ1n) is 13.1. The van der Waals surface area contributed by atoms with Gasteiger partial charge in [0, 0.05) is 11.3 Å². The number of methoxy groups -OCH3 is 2. The Morgan fingerprint density at radius 3 is 2.56 bits per heavy atom. The lowest BCUT2D eigenvalue weighted by Gasteiger charge is -2.23. The van der Waals surface area contributed by atoms with Crippen molar-refractivity contribution in [3.63, 3.8) is 0 Å². The smallest absolute Gasteiger partial charge is 0.301 e. The lowest BCUT2D eigenvalue weighted by molar-refractivity contribution is -0.132. The zero-order chi connectivity index (χ0) is 30.1. The highest BCUT2D eigenvalue weighted by Crippen LogP contribution is 2.45. The average molecular weight is 614 g/mol. The van der Waals surface area contributed by atoms with Crippen molar-refractivity contribution >= 4 is 56.5 Å². The van der Waals surface area contributed by atoms with Crippen LogP contribution < -0.4 is 14.4 Å². The molecule has 2 heterocycles. The van der Waals surface area contributed by atoms with Crippen LogP contribution in [0.5, 0.6) is 11.5 Å². The van der Waals surface area contributed by atoms with E-state index in [0.717, 1.165) is 22.4 Å². The molecule has 11 heteroatoms. The highest BCUT2D eigenvalue weighted by Gasteiger charge is 2.48. The van der Waals surface area contributed by atoms with Crippen LogP contribution in [0.3, 0.4) is 0 Å². The molecule has 1 N–H and O–H groups in total. The fourth-order valence-electron chi connectivity index (χ4n) is 5.04. The number of aromatic nitrogens is 2. The number of nitrogens with zero attached hydrogens (tertiary/aromatic N) is 3. The number of aliphatic hydroxyl groups excluding tert-OH is 1. The first kappa shape index (κ1) is 28.4. The van der Waals surface area contributed by atoms with Crippen molar-refractivity contribution in [2.45, 2.75) is 16.1 Å². The maximum absolute atomic E-state index is 14.6. The van der Waals surface area contributed by atoms with E-state index in [2.05, 4.69) is 34.5 Å². The molecule has 0 saturated carbocycles. The Labute approximate surface area is 254 Å². The van der Waals surface area contributed by atoms with Crippen LogP contribution in [-0.4, -0.2) is 41.2 Å². The van der Waals surface area contributed by atoms with E-state index in [1.165, 1.54) is 54.4 Å². The number of benzene rings is 4. The molecule has 1 fully saturated rings. The SMILES string of the molecule is COc1cccc(C2/C(=C(/O)c3ccc(OC)c(F)c3)C(=O)C(=O)N2c2nnc(SCc3cccc4ccccc34)s2)c1. The number of ketones is 1. The number of amides is 1. The molecule has 216 valence electrons. The number of hydrogen-bond acceptors (Lipinski definition) is 9. The average Bonchev–Trinajstić information content (AvgIpc) is 3.61. The van der Waals surface area contributed by atoms with Crippen LogP contribution in [0.4, 0.5) is 9.52 Å². The van der Waals surface area contributed by atoms with Gasteiger partial charge in [-0.1, -0.05) is 77.7 Å². The van der Waals surface area contributed by atoms with Gasteiger partial charge in [0.25, 0.3) is 5.78 Å². The summed E-state index contributed by atoms with van der Waals surface area (Å²) in [4.78, 5) is 28.2. The third kappa shape index (κ3) is 5.33. The molecule has 1 aromatic heterocycles. The minimum atomic E-state index is -1.07. The van der Waals surface area contributed by atoms with Crippen LogP contribution in [-0.2, 0) is 15.3 Å². The highest BCUT2D eigenvalue weighted by molar-refractivity contribution is 8.00. The first-order valence-corrected chi connectivity index (χ1v) is 14.9. The van der Waals surface area contributed by atoms with Crippen molar-refractivity contribution in [2.24, 2.45) is 0 Å². The number of thioether (sulfide) groups is 1. The fourth-order valence-corrected chi connectivity index (χ4v) is 6.91. The van der Waals surface area contributed by atoms with Crippen molar-refractivity contribution in [3.05, 3.63) is 113 Å². The third-order valence-corrected chi connectivity index (χ3v) is 9.22. The zero-order valence-electron chi connectivity index (χ0n) is 23.0. The van der Waals surface area contributed by atoms with Crippen LogP contribution in [0.25, 0.3) is 16.5 Å². The second kappa shape index (κ2) is 11.9. The van der Waals surface area contributed by atoms with E-state index >= 15 is 0 Å². The monoisotopic (exact) mass is 613 g/mol. The summed E-state index contributed by atoms with van der Waals surface area (Å²) < 4.78 is 25.5. The first-order chi connectivity index (χ1) is 20.9. The van der Waals surface area contributed by atoms with Gasteiger partial charge in [-0.05, 0) is 52.2 Å². The van der Waals surface area contributed by atoms with E-state index in [-0.39, 0.29) is 22.0 Å². The summed E-state index contributed by atoms with van der Waals surface area (Å²) in [6.07, 6.45) is 0. The van der Waals surface area contributed by atoms with Crippen LogP contribution in [0.1, 0.15) is 22.7 Å². The van der Waals surface area contributed by atoms with Gasteiger partial charge in [0.1, 0.15) is 11.5 Å². The molecule has 0 aliphatic carbocycles. The van der Waals surface area contributed by atoms with Gasteiger partial charge in [0.2, 0.25) is 5.13 Å². The molecular formula is C32H24FN3O5S2. The Bertz CT molecular complexity index is 1900. The molecule has 0 bridgehead atoms. The van der Waals surface area contributed by atoms with Crippen molar-refractivity contribution in [1.82, 2.24) is 10.2 Å². The fraction of sp³-hybridized carbons (Fsp3) is 0.125. The minimum absolute atomic E-state index is 0.0211. The van der Waals surface area contributed by atoms with Gasteiger partial charge in [-0.3, -0.25) is 14.5 Å². The summed E-state index contributed by atoms with van der Waals surface area (Å²) >= 11 is 2.64. The Morgan fingerprint density at radius 2 is 1.77 bits per heavy atom. The number of rotatable bonds is 8. The van der Waals surface area contributed by atoms with Crippen molar-refractivity contribution in [3.8, 4) is 11.5 Å². The number of aliphatic hydroxyl groups is 1. The zero-order valence-corrected chi connectivity index (χ0v) is 24.6. The molecule has 1 unspecified atom stereocenters. The molecule has 8 nitrogen and oxygen atoms in total. The summed E-state index contributed by atoms with van der Waals surface area (Å²) in [5.74, 6) is -1.98. The number of anilines is 1. The van der Waals surface area contributed by atoms with Crippen LogP contribution in [0, 0.1) is 5.82 Å². The number of Topliss-reactive ketones (excluding diaryl/α,β-unsaturated/α-hetero) is 1. The minimum Gasteiger partial charge on any atom is -0.507 e. The molecule has 1 aliphatic rings. The topological polar surface area (TPSA) is 102 Å². The van der Waals surface area contributed by atoms with Gasteiger partial charge in [-0.15, -0.1) is 10.2 Å². The van der Waals surface area contributed by atoms with Gasteiger partial charge >= 0.3 is 5.91 Å². The van der Waals surface area contributed by atoms with E-state index in [9.17, 15) is 19.1 Å². The van der Waals surface area contributed by atoms with E-state index in [1.807, 2.05) is 18.2 Å². The standard InChI is InChI=1S/C32H24FN3O5S2/c1-40-22-11-6-9-19(15-22)27-26(28(37)20-13-14-25(41-2)24(33)16-20)29(38)30(39)36(27)31-34-35-32(43-31)42-17-21-10-5-8-18-7-3-4-12-23(18)21/h3-16,27,37H,17H2,1-2H3/b28-26-. The number of ether oxygens (including phenoxy) is 2. The third-order valence-electron chi connectivity index (χ3n) is 7.11. The highest BCUT2D eigenvalue weighted by atomic mass is 32.2. The molecule has 1 atom stereocenters. The maximum atomic E-state index is 14.6. The molecule has 1 aliphatic heterocycles. The molecule has 43 heavy (non-hydrogen) atoms. The van der Waals surface area contributed by atoms with Crippen LogP contribution >= 0.6 is 23.1 Å². The van der Waals surface area contributed by atoms with Gasteiger partial charge in [-0.2, -0.15) is 0 Å². The molecule has 1 saturated heterocycles. The summed E-state index contributed by atoms with van der Waals surface area (Å²) in [7, 11) is 2.82. The lowest BCUT2D eigenvalue weighted by atomic mass is 9.95. The van der Waals surface area contributed by atoms with Crippen molar-refractivity contribution < 1.29 is 28.6 Å². The van der Waals surface area contributed by atoms with Crippen molar-refractivity contribution in [2.75, 3.05) is 19.1 Å². The van der Waals surface area contributed by atoms with Gasteiger partial charge in [0.05, 0.1) is 25.8 Å². The van der Waals surface area contributed by atoms with E-state index in [0.29, 0.717) is 21.4 Å². The normalized spacial score (nSPS) is 16.2. The second-order valence-corrected chi connectivity index (χ2v) is 11.8. The summed E-state index contributed by atoms with van der Waals surface area (Å²) in [5.41, 5.74) is 1.44. The summed E-state index contributed by atoms with van der Waals surface area (Å²) in [6.45, 7) is 0. The molecular weight excluding hydrogens is 590 g/mol. The lowest BCUT2D eigenvalue weighted by Crippen LogP contribution is -2.29. The molecule has 5 aromatic rings. The van der Waals surface area contributed by atoms with Gasteiger partial charge < -0.3 is 14.6 Å². The van der Waals surface area contributed by atoms with Gasteiger partial charge in [-0.25, -0.2) is 4.39 Å². The number of carbonyl (C=O) groups is 2. The summed E-state index contributed by atoms with van der Waals surface area (Å²) in [6, 6.07) is 23.8. The molecule has 1 amide bonds. The number of hydrogen-bond donors (Lipinski definition) is 1. The summed E-state index contributed by atoms with van der Waals surface area (Å²) in [5, 5.41) is 22.4. The number of carbonyl (C=O) groups excluding carboxylic acids is 2. The van der Waals surface area contributed by atoms with E-state index in [1.54, 1.807) is 24.3 Å². The largest absolute Gasteiger partial charge is 0.507 e. The van der Waals surface area contributed by atoms with E-state index < -0.39 is 29.3 Å². The van der Waals surface area contributed by atoms with E-state index in [4.69, 9.17) is 9.47 Å². The van der Waals surface area contributed by atoms with Crippen molar-refractivity contribution in [1.29, 1.82) is 0 Å². The maximum Gasteiger partial charge on any atom is 0.301 e. The predicted octanol–water partition coefficient (Wildman–Crippen LogP) is 6.77. The molecule has 4 aromatic carbocycles. The number of halogens is 1. The Balaban J connectivity index is 1.39. The molecule has 0 spiro atoms. The molecule has 0 radical (unpaired) electrons. The predicted molar refractivity (Wildman–Crippen MR) is 164 cm³/mol. The quantitative estimate of drug-likeness (QED) is 0.0673. The van der Waals surface area contributed by atoms with Gasteiger partial charge in [0.15, 0.2) is 15.9 Å². The Morgan fingerprint density at radius 1 is 0.977 bits per heavy atom. The Hall–Kier alpha value is -4.74. The Kier molecular flexibility index (Phi) is 7.83. The second-order valence-electron chi connectivity index (χ2n) is 9.57. The van der Waals surface area contributed by atoms with Crippen LogP contribution in [0.15, 0.2) is 94.8 Å².